The van der Waals surface area contributed by atoms with E-state index in [1.54, 1.807) is 17.9 Å². The largest absolute Gasteiger partial charge is 1.00 e. The Morgan fingerprint density at radius 1 is 1.05 bits per heavy atom. The fourth-order valence-electron chi connectivity index (χ4n) is 6.58. The van der Waals surface area contributed by atoms with Gasteiger partial charge in [0, 0.05) is 47.0 Å². The summed E-state index contributed by atoms with van der Waals surface area (Å²) in [6, 6.07) is 7.37. The minimum absolute atomic E-state index is 0. The van der Waals surface area contributed by atoms with E-state index in [-0.39, 0.29) is 148 Å². The van der Waals surface area contributed by atoms with Crippen molar-refractivity contribution >= 4 is 34.2 Å². The number of alkyl halides is 4. The molecule has 3 aromatic rings. The zero-order chi connectivity index (χ0) is 42.4. The first-order valence-electron chi connectivity index (χ1n) is 18.0. The number of amides is 2. The summed E-state index contributed by atoms with van der Waals surface area (Å²) in [6.45, 7) is 7.48. The summed E-state index contributed by atoms with van der Waals surface area (Å²) in [5, 5.41) is 26.2. The predicted octanol–water partition coefficient (Wildman–Crippen LogP) is 5.46. The number of aryl methyl sites for hydroxylation is 2. The van der Waals surface area contributed by atoms with Crippen LogP contribution in [0.1, 0.15) is 73.4 Å². The van der Waals surface area contributed by atoms with E-state index in [9.17, 15) is 42.2 Å². The Morgan fingerprint density at radius 3 is 2.27 bits per heavy atom. The Labute approximate surface area is 407 Å². The summed E-state index contributed by atoms with van der Waals surface area (Å²) < 4.78 is 95.5. The van der Waals surface area contributed by atoms with Gasteiger partial charge in [0.1, 0.15) is 23.6 Å². The molecule has 1 heterocycles. The van der Waals surface area contributed by atoms with Crippen LogP contribution < -0.4 is 79.5 Å². The quantitative estimate of drug-likeness (QED) is 0.0495. The van der Waals surface area contributed by atoms with Crippen molar-refractivity contribution in [3.05, 3.63) is 117 Å². The number of aromatic hydroxyl groups is 1. The van der Waals surface area contributed by atoms with E-state index in [1.165, 1.54) is 52.0 Å². The third-order valence-electron chi connectivity index (χ3n) is 9.46. The second kappa shape index (κ2) is 22.5. The summed E-state index contributed by atoms with van der Waals surface area (Å²) in [6.07, 6.45) is -5.94. The number of aliphatic hydroxyl groups is 1. The van der Waals surface area contributed by atoms with Crippen molar-refractivity contribution < 1.29 is 125 Å². The van der Waals surface area contributed by atoms with Crippen molar-refractivity contribution in [1.29, 1.82) is 0 Å². The number of hydrogen-bond donors (Lipinski definition) is 4. The molecule has 0 saturated carbocycles. The van der Waals surface area contributed by atoms with Gasteiger partial charge in [0.15, 0.2) is 0 Å². The zero-order valence-corrected chi connectivity index (χ0v) is 41.7. The van der Waals surface area contributed by atoms with Crippen LogP contribution in [0.2, 0.25) is 0 Å². The van der Waals surface area contributed by atoms with Crippen molar-refractivity contribution in [2.45, 2.75) is 77.4 Å². The van der Waals surface area contributed by atoms with E-state index < -0.39 is 76.6 Å². The minimum atomic E-state index is -5.17. The Kier molecular flexibility index (Phi) is 20.0. The summed E-state index contributed by atoms with van der Waals surface area (Å²) in [5.74, 6) is -6.44. The van der Waals surface area contributed by atoms with Gasteiger partial charge >= 0.3 is 81.0 Å². The van der Waals surface area contributed by atoms with Crippen LogP contribution in [0.3, 0.4) is 0 Å². The summed E-state index contributed by atoms with van der Waals surface area (Å²) in [4.78, 5) is 40.1. The Bertz CT molecular complexity index is 2030. The molecule has 2 atom stereocenters. The van der Waals surface area contributed by atoms with Crippen molar-refractivity contribution in [1.82, 2.24) is 15.5 Å². The number of benzene rings is 3. The summed E-state index contributed by atoms with van der Waals surface area (Å²) in [5.41, 5.74) is -2.64. The number of hydrogen-bond acceptors (Lipinski definition) is 7. The van der Waals surface area contributed by atoms with Gasteiger partial charge in [0.05, 0.1) is 36.2 Å². The van der Waals surface area contributed by atoms with Crippen molar-refractivity contribution in [2.24, 2.45) is 0 Å². The van der Waals surface area contributed by atoms with Crippen molar-refractivity contribution in [3.8, 4) is 16.9 Å². The first-order valence-corrected chi connectivity index (χ1v) is 18.8. The number of allylic oxidation sites excluding steroid dienone is 1. The van der Waals surface area contributed by atoms with Crippen LogP contribution in [0.15, 0.2) is 70.4 Å². The van der Waals surface area contributed by atoms with Crippen LogP contribution in [0, 0.1) is 32.9 Å². The number of likely N-dealkylation sites (tertiary alicyclic amines) is 1. The molecule has 4 rings (SSSR count). The molecule has 1 aliphatic heterocycles. The molecule has 0 bridgehead atoms. The molecular weight excluding hydrogens is 969 g/mol. The molecule has 1 aliphatic rings. The van der Waals surface area contributed by atoms with E-state index in [0.29, 0.717) is 17.2 Å². The van der Waals surface area contributed by atoms with Crippen LogP contribution in [0.4, 0.5) is 26.3 Å². The molecule has 4 N–H and O–H groups in total. The minimum Gasteiger partial charge on any atom is -0.507 e. The number of esters is 1. The van der Waals surface area contributed by atoms with Crippen LogP contribution in [0.25, 0.3) is 11.1 Å². The topological polar surface area (TPSA) is 128 Å². The van der Waals surface area contributed by atoms with Gasteiger partial charge in [-0.1, -0.05) is 28.1 Å². The maximum absolute atomic E-state index is 16.2. The molecule has 1 saturated heterocycles. The average Bonchev–Trinajstić information content (AvgIpc) is 3.09. The number of carbonyl (C=O) groups excluding carboxylic acids is 3. The Morgan fingerprint density at radius 2 is 1.71 bits per heavy atom. The number of nitrogens with zero attached hydrogens (tertiary/aromatic N) is 1. The van der Waals surface area contributed by atoms with Crippen LogP contribution in [-0.4, -0.2) is 72.0 Å². The number of phenolic OH excluding ortho intramolecular Hbond substituents is 1. The predicted molar refractivity (Wildman–Crippen MR) is 211 cm³/mol. The van der Waals surface area contributed by atoms with E-state index >= 15 is 8.78 Å². The molecule has 0 aliphatic carbocycles. The van der Waals surface area contributed by atoms with Gasteiger partial charge in [-0.3, -0.25) is 19.3 Å². The molecule has 59 heavy (non-hydrogen) atoms. The summed E-state index contributed by atoms with van der Waals surface area (Å²) >= 11 is 3.17. The average molecular weight is 1020 g/mol. The second-order valence-electron chi connectivity index (χ2n) is 14.3. The fraction of sp³-hybridized carbons (Fsp3) is 0.381. The van der Waals surface area contributed by atoms with Gasteiger partial charge in [0.25, 0.3) is 0 Å². The van der Waals surface area contributed by atoms with Gasteiger partial charge in [-0.2, -0.15) is 13.2 Å². The van der Waals surface area contributed by atoms with E-state index in [0.717, 1.165) is 18.3 Å². The Hall–Kier alpha value is -2.62. The van der Waals surface area contributed by atoms with Crippen LogP contribution in [0.5, 0.6) is 5.75 Å². The molecule has 316 valence electrons. The zero-order valence-electron chi connectivity index (χ0n) is 33.9. The number of halogens is 7. The van der Waals surface area contributed by atoms with E-state index in [4.69, 9.17) is 4.74 Å². The monoisotopic (exact) mass is 1020 g/mol. The molecule has 1 fully saturated rings. The maximum Gasteiger partial charge on any atom is 1.00 e. The van der Waals surface area contributed by atoms with Gasteiger partial charge in [0.2, 0.25) is 12.3 Å². The van der Waals surface area contributed by atoms with Crippen molar-refractivity contribution in [3.63, 3.8) is 0 Å². The molecular formula is C42H47BrCsF6N3O6. The number of nitrogens with one attached hydrogen (secondary N) is 2. The Balaban J connectivity index is 0.00000600. The first-order chi connectivity index (χ1) is 26.6. The summed E-state index contributed by atoms with van der Waals surface area (Å²) in [7, 11) is 0. The first kappa shape index (κ1) is 52.5. The SMILES string of the molecule is CCOC(=O)C[C@H](NC(=O)C(/C=C(\C(=C/NC=O)CCN1CC(F)C1)C(F)(F)F)c1cc(Br)ccc1F)c1cc(-c2c(C)cc(C(C)(C)O)cc2O)cc(C)c1F.[CH3-].[Cs+]. The molecule has 0 aromatic heterocycles. The van der Waals surface area contributed by atoms with Gasteiger partial charge in [-0.25, -0.2) is 13.2 Å². The number of ether oxygens (including phenoxy) is 1. The van der Waals surface area contributed by atoms with Gasteiger partial charge < -0.3 is 33.0 Å². The number of phenols is 1. The molecule has 2 amide bonds. The standard InChI is InChI=1S/C41H44BrF6N3O6.CH3.Cs/c1-6-57-36(54)17-34(31-13-25(11-23(3)38(31)45)37-22(2)12-26(14-35(37)53)40(4,5)56)50-39(55)30(29-15-27(42)7-8-33(29)44)16-32(41(46,47)48)24(18-49-21-52)9-10-51-19-28(43)20-51;;/h7-8,11-16,18,21,28,30,34,53,56H,6,9-10,17,19-20H2,1-5H3,(H,49,52)(H,50,55);1H3;/q;-1;+1/b24-18-,32-16+;;/t30?,34-;;/m0../s1. The van der Waals surface area contributed by atoms with E-state index in [2.05, 4.69) is 26.6 Å². The molecule has 17 heteroatoms. The fourth-order valence-corrected chi connectivity index (χ4v) is 6.95. The van der Waals surface area contributed by atoms with Crippen LogP contribution >= 0.6 is 15.9 Å². The second-order valence-corrected chi connectivity index (χ2v) is 15.2. The number of carbonyl (C=O) groups is 3. The van der Waals surface area contributed by atoms with E-state index in [1.807, 2.05) is 0 Å². The third-order valence-corrected chi connectivity index (χ3v) is 9.95. The van der Waals surface area contributed by atoms with Gasteiger partial charge in [-0.15, -0.1) is 0 Å². The molecule has 0 spiro atoms. The maximum atomic E-state index is 16.2. The molecule has 9 nitrogen and oxygen atoms in total. The van der Waals surface area contributed by atoms with Gasteiger partial charge in [-0.05, 0) is 105 Å². The molecule has 0 radical (unpaired) electrons. The molecule has 3 aromatic carbocycles. The smallest absolute Gasteiger partial charge is 0.507 e. The third kappa shape index (κ3) is 13.9. The number of rotatable bonds is 16. The van der Waals surface area contributed by atoms with Crippen molar-refractivity contribution in [2.75, 3.05) is 26.2 Å². The normalized spacial score (nSPS) is 14.9. The molecule has 1 unspecified atom stereocenters. The van der Waals surface area contributed by atoms with Crippen LogP contribution in [-0.2, 0) is 24.7 Å².